The molecule has 1 fully saturated rings. The fraction of sp³-hybridized carbons (Fsp3) is 0.214. The quantitative estimate of drug-likeness (QED) is 0.495. The number of thioether (sulfide) groups is 1. The third-order valence-electron chi connectivity index (χ3n) is 6.18. The largest absolute Gasteiger partial charge is 0.378 e. The molecule has 3 aromatic carbocycles. The van der Waals surface area contributed by atoms with E-state index in [0.29, 0.717) is 43.3 Å². The average molecular weight is 471 g/mol. The van der Waals surface area contributed by atoms with E-state index in [2.05, 4.69) is 25.1 Å². The van der Waals surface area contributed by atoms with Crippen LogP contribution in [0.4, 0.5) is 5.69 Å². The van der Waals surface area contributed by atoms with Gasteiger partial charge in [-0.2, -0.15) is 0 Å². The van der Waals surface area contributed by atoms with Gasteiger partial charge in [0, 0.05) is 23.5 Å². The van der Waals surface area contributed by atoms with Gasteiger partial charge in [-0.3, -0.25) is 9.59 Å². The number of ether oxygens (including phenoxy) is 1. The standard InChI is InChI=1S/C28H26N2O3S/c1-20-6-2-3-7-23(20)19-30-24-8-4-5-9-25(24)34-26(28(30)32)18-21-10-12-22(13-11-21)27(31)29-14-16-33-17-15-29/h2-13,18H,14-17,19H2,1H3. The van der Waals surface area contributed by atoms with E-state index in [0.717, 1.165) is 27.3 Å². The Hall–Kier alpha value is -3.35. The third-order valence-corrected chi connectivity index (χ3v) is 7.25. The Kier molecular flexibility index (Phi) is 6.52. The number of amides is 2. The van der Waals surface area contributed by atoms with Crippen molar-refractivity contribution in [1.82, 2.24) is 4.90 Å². The Bertz CT molecular complexity index is 1250. The lowest BCUT2D eigenvalue weighted by atomic mass is 10.1. The highest BCUT2D eigenvalue weighted by Crippen LogP contribution is 2.42. The molecule has 0 aromatic heterocycles. The van der Waals surface area contributed by atoms with Crippen molar-refractivity contribution in [2.45, 2.75) is 18.4 Å². The molecule has 5 nitrogen and oxygen atoms in total. The lowest BCUT2D eigenvalue weighted by molar-refractivity contribution is -0.114. The molecule has 2 amide bonds. The summed E-state index contributed by atoms with van der Waals surface area (Å²) in [7, 11) is 0. The van der Waals surface area contributed by atoms with Gasteiger partial charge in [-0.05, 0) is 54.0 Å². The van der Waals surface area contributed by atoms with Crippen molar-refractivity contribution in [3.63, 3.8) is 0 Å². The molecule has 0 bridgehead atoms. The molecule has 0 radical (unpaired) electrons. The number of hydrogen-bond acceptors (Lipinski definition) is 4. The number of carbonyl (C=O) groups excluding carboxylic acids is 2. The molecule has 2 aliphatic heterocycles. The highest BCUT2D eigenvalue weighted by Gasteiger charge is 2.29. The van der Waals surface area contributed by atoms with Crippen LogP contribution in [0.15, 0.2) is 82.6 Å². The summed E-state index contributed by atoms with van der Waals surface area (Å²) in [6.45, 7) is 4.98. The van der Waals surface area contributed by atoms with Crippen molar-refractivity contribution in [2.24, 2.45) is 0 Å². The molecule has 2 heterocycles. The molecule has 0 spiro atoms. The second-order valence-electron chi connectivity index (χ2n) is 8.42. The highest BCUT2D eigenvalue weighted by atomic mass is 32.2. The van der Waals surface area contributed by atoms with Gasteiger partial charge in [-0.1, -0.05) is 60.3 Å². The van der Waals surface area contributed by atoms with E-state index in [4.69, 9.17) is 4.74 Å². The van der Waals surface area contributed by atoms with Crippen molar-refractivity contribution in [2.75, 3.05) is 31.2 Å². The number of para-hydroxylation sites is 1. The zero-order valence-electron chi connectivity index (χ0n) is 19.1. The Morgan fingerprint density at radius 3 is 2.44 bits per heavy atom. The summed E-state index contributed by atoms with van der Waals surface area (Å²) in [5.74, 6) is 0.00405. The van der Waals surface area contributed by atoms with Crippen LogP contribution < -0.4 is 4.90 Å². The zero-order chi connectivity index (χ0) is 23.5. The van der Waals surface area contributed by atoms with Gasteiger partial charge in [-0.15, -0.1) is 0 Å². The average Bonchev–Trinajstić information content (AvgIpc) is 2.88. The van der Waals surface area contributed by atoms with E-state index in [1.807, 2.05) is 70.5 Å². The van der Waals surface area contributed by atoms with Crippen LogP contribution in [0.25, 0.3) is 6.08 Å². The van der Waals surface area contributed by atoms with Crippen molar-refractivity contribution in [1.29, 1.82) is 0 Å². The Labute approximate surface area is 204 Å². The summed E-state index contributed by atoms with van der Waals surface area (Å²) < 4.78 is 5.34. The lowest BCUT2D eigenvalue weighted by Crippen LogP contribution is -2.40. The van der Waals surface area contributed by atoms with Crippen LogP contribution in [0.2, 0.25) is 0 Å². The smallest absolute Gasteiger partial charge is 0.265 e. The molecule has 0 aliphatic carbocycles. The Balaban J connectivity index is 1.41. The second kappa shape index (κ2) is 9.87. The maximum absolute atomic E-state index is 13.6. The summed E-state index contributed by atoms with van der Waals surface area (Å²) in [4.78, 5) is 31.7. The Morgan fingerprint density at radius 1 is 0.971 bits per heavy atom. The van der Waals surface area contributed by atoms with E-state index in [1.165, 1.54) is 11.8 Å². The molecule has 0 atom stereocenters. The molecule has 0 unspecified atom stereocenters. The molecule has 1 saturated heterocycles. The molecule has 0 saturated carbocycles. The molecule has 5 rings (SSSR count). The normalized spacial score (nSPS) is 17.1. The first-order valence-corrected chi connectivity index (χ1v) is 12.2. The molecule has 172 valence electrons. The summed E-state index contributed by atoms with van der Waals surface area (Å²) in [6, 6.07) is 23.7. The molecule has 2 aliphatic rings. The Morgan fingerprint density at radius 2 is 1.68 bits per heavy atom. The van der Waals surface area contributed by atoms with Gasteiger partial charge in [-0.25, -0.2) is 0 Å². The number of nitrogens with zero attached hydrogens (tertiary/aromatic N) is 2. The minimum absolute atomic E-state index is 0.0135. The van der Waals surface area contributed by atoms with Crippen molar-refractivity contribution in [3.05, 3.63) is 100.0 Å². The maximum Gasteiger partial charge on any atom is 0.265 e. The van der Waals surface area contributed by atoms with Gasteiger partial charge in [0.15, 0.2) is 0 Å². The number of morpholine rings is 1. The van der Waals surface area contributed by atoms with Crippen LogP contribution in [0.3, 0.4) is 0 Å². The SMILES string of the molecule is Cc1ccccc1CN1C(=O)C(=Cc2ccc(C(=O)N3CCOCC3)cc2)Sc2ccccc21. The van der Waals surface area contributed by atoms with Gasteiger partial charge in [0.25, 0.3) is 11.8 Å². The second-order valence-corrected chi connectivity index (χ2v) is 9.51. The predicted molar refractivity (Wildman–Crippen MR) is 136 cm³/mol. The number of carbonyl (C=O) groups is 2. The summed E-state index contributed by atoms with van der Waals surface area (Å²) in [5.41, 5.74) is 4.77. The molecule has 0 N–H and O–H groups in total. The first-order chi connectivity index (χ1) is 16.6. The maximum atomic E-state index is 13.6. The summed E-state index contributed by atoms with van der Waals surface area (Å²) in [5, 5.41) is 0. The van der Waals surface area contributed by atoms with E-state index in [-0.39, 0.29) is 11.8 Å². The van der Waals surface area contributed by atoms with E-state index in [1.54, 1.807) is 0 Å². The van der Waals surface area contributed by atoms with Gasteiger partial charge < -0.3 is 14.5 Å². The summed E-state index contributed by atoms with van der Waals surface area (Å²) >= 11 is 1.49. The van der Waals surface area contributed by atoms with Crippen LogP contribution >= 0.6 is 11.8 Å². The van der Waals surface area contributed by atoms with Gasteiger partial charge in [0.05, 0.1) is 30.4 Å². The van der Waals surface area contributed by atoms with Gasteiger partial charge in [0.2, 0.25) is 0 Å². The highest BCUT2D eigenvalue weighted by molar-refractivity contribution is 8.04. The monoisotopic (exact) mass is 470 g/mol. The fourth-order valence-corrected chi connectivity index (χ4v) is 5.26. The fourth-order valence-electron chi connectivity index (χ4n) is 4.20. The zero-order valence-corrected chi connectivity index (χ0v) is 19.9. The molecular weight excluding hydrogens is 444 g/mol. The number of anilines is 1. The molecular formula is C28H26N2O3S. The van der Waals surface area contributed by atoms with E-state index >= 15 is 0 Å². The number of aryl methyl sites for hydroxylation is 1. The molecule has 34 heavy (non-hydrogen) atoms. The summed E-state index contributed by atoms with van der Waals surface area (Å²) in [6.07, 6.45) is 1.91. The number of benzene rings is 3. The molecule has 3 aromatic rings. The first-order valence-electron chi connectivity index (χ1n) is 11.4. The van der Waals surface area contributed by atoms with Crippen molar-refractivity contribution >= 4 is 35.3 Å². The molecule has 6 heteroatoms. The van der Waals surface area contributed by atoms with Crippen LogP contribution in [0.1, 0.15) is 27.0 Å². The van der Waals surface area contributed by atoms with Crippen LogP contribution in [0.5, 0.6) is 0 Å². The van der Waals surface area contributed by atoms with Crippen LogP contribution in [0, 0.1) is 6.92 Å². The minimum atomic E-state index is -0.0135. The van der Waals surface area contributed by atoms with Crippen molar-refractivity contribution in [3.8, 4) is 0 Å². The van der Waals surface area contributed by atoms with Crippen LogP contribution in [-0.4, -0.2) is 43.0 Å². The van der Waals surface area contributed by atoms with Gasteiger partial charge >= 0.3 is 0 Å². The minimum Gasteiger partial charge on any atom is -0.378 e. The third kappa shape index (κ3) is 4.65. The lowest BCUT2D eigenvalue weighted by Gasteiger charge is -2.31. The van der Waals surface area contributed by atoms with E-state index in [9.17, 15) is 9.59 Å². The van der Waals surface area contributed by atoms with E-state index < -0.39 is 0 Å². The number of rotatable bonds is 4. The predicted octanol–water partition coefficient (Wildman–Crippen LogP) is 5.15. The van der Waals surface area contributed by atoms with Crippen molar-refractivity contribution < 1.29 is 14.3 Å². The first kappa shape index (κ1) is 22.4. The topological polar surface area (TPSA) is 49.9 Å². The van der Waals surface area contributed by atoms with Crippen LogP contribution in [-0.2, 0) is 16.1 Å². The number of hydrogen-bond donors (Lipinski definition) is 0. The number of fused-ring (bicyclic) bond motifs is 1. The van der Waals surface area contributed by atoms with Gasteiger partial charge in [0.1, 0.15) is 0 Å².